The van der Waals surface area contributed by atoms with Crippen LogP contribution in [0.4, 0.5) is 0 Å². The average Bonchev–Trinajstić information content (AvgIpc) is 2.16. The first-order chi connectivity index (χ1) is 6.70. The zero-order valence-electron chi connectivity index (χ0n) is 9.29. The molecule has 3 heteroatoms. The maximum absolute atomic E-state index is 8.58. The highest BCUT2D eigenvalue weighted by Crippen LogP contribution is 2.01. The largest absolute Gasteiger partial charge is 0.394 e. The van der Waals surface area contributed by atoms with E-state index in [0.717, 1.165) is 18.4 Å². The molecule has 0 saturated heterocycles. The van der Waals surface area contributed by atoms with Crippen LogP contribution in [0.2, 0.25) is 0 Å². The Labute approximate surface area is 86.7 Å². The van der Waals surface area contributed by atoms with Gasteiger partial charge < -0.3 is 14.6 Å². The lowest BCUT2D eigenvalue weighted by Gasteiger charge is -2.15. The quantitative estimate of drug-likeness (QED) is 0.457. The molecule has 1 N–H and O–H groups in total. The summed E-state index contributed by atoms with van der Waals surface area (Å²) in [5.74, 6) is 0. The van der Waals surface area contributed by atoms with Crippen LogP contribution in [0, 0.1) is 0 Å². The Morgan fingerprint density at radius 2 is 2.14 bits per heavy atom. The van der Waals surface area contributed by atoms with E-state index in [9.17, 15) is 0 Å². The molecular weight excluding hydrogens is 180 g/mol. The fourth-order valence-corrected chi connectivity index (χ4v) is 0.964. The number of aliphatic hydroxyl groups excluding tert-OH is 1. The zero-order chi connectivity index (χ0) is 10.8. The topological polar surface area (TPSA) is 38.7 Å². The lowest BCUT2D eigenvalue weighted by molar-refractivity contribution is -0.0283. The number of aliphatic hydroxyl groups is 1. The van der Waals surface area contributed by atoms with Gasteiger partial charge in [-0.3, -0.25) is 0 Å². The lowest BCUT2D eigenvalue weighted by atomic mass is 10.2. The Morgan fingerprint density at radius 1 is 1.43 bits per heavy atom. The van der Waals surface area contributed by atoms with E-state index in [1.807, 2.05) is 13.8 Å². The monoisotopic (exact) mass is 202 g/mol. The van der Waals surface area contributed by atoms with Crippen molar-refractivity contribution in [1.82, 2.24) is 0 Å². The molecule has 0 aromatic rings. The van der Waals surface area contributed by atoms with Gasteiger partial charge in [0, 0.05) is 0 Å². The Hall–Kier alpha value is -0.380. The second kappa shape index (κ2) is 9.19. The molecule has 0 rings (SSSR count). The van der Waals surface area contributed by atoms with E-state index in [1.54, 1.807) is 0 Å². The molecule has 0 saturated carbocycles. The molecule has 1 atom stereocenters. The smallest absolute Gasteiger partial charge is 0.0807 e. The van der Waals surface area contributed by atoms with Gasteiger partial charge >= 0.3 is 0 Å². The third-order valence-corrected chi connectivity index (χ3v) is 1.88. The molecule has 3 nitrogen and oxygen atoms in total. The van der Waals surface area contributed by atoms with E-state index < -0.39 is 0 Å². The van der Waals surface area contributed by atoms with Gasteiger partial charge in [0.15, 0.2) is 0 Å². The van der Waals surface area contributed by atoms with Crippen molar-refractivity contribution in [2.75, 3.05) is 26.4 Å². The minimum Gasteiger partial charge on any atom is -0.394 e. The summed E-state index contributed by atoms with van der Waals surface area (Å²) in [5.41, 5.74) is 1.13. The van der Waals surface area contributed by atoms with Gasteiger partial charge in [0.1, 0.15) is 0 Å². The normalized spacial score (nSPS) is 12.8. The van der Waals surface area contributed by atoms with Gasteiger partial charge in [0.2, 0.25) is 0 Å². The highest BCUT2D eigenvalue weighted by atomic mass is 16.5. The molecule has 0 heterocycles. The van der Waals surface area contributed by atoms with Crippen LogP contribution in [0.5, 0.6) is 0 Å². The molecule has 0 aromatic carbocycles. The van der Waals surface area contributed by atoms with Gasteiger partial charge in [-0.25, -0.2) is 0 Å². The van der Waals surface area contributed by atoms with E-state index in [-0.39, 0.29) is 12.7 Å². The first kappa shape index (κ1) is 13.6. The van der Waals surface area contributed by atoms with Crippen molar-refractivity contribution < 1.29 is 14.6 Å². The van der Waals surface area contributed by atoms with Gasteiger partial charge in [-0.2, -0.15) is 0 Å². The molecule has 0 aliphatic heterocycles. The van der Waals surface area contributed by atoms with Gasteiger partial charge in [-0.05, 0) is 19.8 Å². The minimum absolute atomic E-state index is 0.0717. The van der Waals surface area contributed by atoms with Crippen molar-refractivity contribution in [2.24, 2.45) is 0 Å². The molecule has 0 amide bonds. The summed E-state index contributed by atoms with van der Waals surface area (Å²) in [5, 5.41) is 8.58. The van der Waals surface area contributed by atoms with Crippen LogP contribution in [-0.4, -0.2) is 37.6 Å². The van der Waals surface area contributed by atoms with E-state index >= 15 is 0 Å². The average molecular weight is 202 g/mol. The summed E-state index contributed by atoms with van der Waals surface area (Å²) in [6.07, 6.45) is 1.91. The predicted octanol–water partition coefficient (Wildman–Crippen LogP) is 1.76. The van der Waals surface area contributed by atoms with Crippen molar-refractivity contribution in [3.8, 4) is 0 Å². The van der Waals surface area contributed by atoms with Gasteiger partial charge in [0.25, 0.3) is 0 Å². The number of hydrogen-bond acceptors (Lipinski definition) is 3. The Bertz CT molecular complexity index is 145. The molecule has 0 aliphatic rings. The molecule has 1 unspecified atom stereocenters. The van der Waals surface area contributed by atoms with Crippen LogP contribution in [0.1, 0.15) is 26.7 Å². The molecule has 14 heavy (non-hydrogen) atoms. The molecule has 84 valence electrons. The van der Waals surface area contributed by atoms with Crippen LogP contribution in [0.15, 0.2) is 12.2 Å². The van der Waals surface area contributed by atoms with Crippen molar-refractivity contribution in [2.45, 2.75) is 32.8 Å². The van der Waals surface area contributed by atoms with Crippen molar-refractivity contribution >= 4 is 0 Å². The summed E-state index contributed by atoms with van der Waals surface area (Å²) >= 11 is 0. The van der Waals surface area contributed by atoms with Gasteiger partial charge in [0.05, 0.1) is 32.5 Å². The third-order valence-electron chi connectivity index (χ3n) is 1.88. The summed E-state index contributed by atoms with van der Waals surface area (Å²) in [6, 6.07) is 0. The number of rotatable bonds is 9. The second-order valence-electron chi connectivity index (χ2n) is 3.41. The van der Waals surface area contributed by atoms with Gasteiger partial charge in [-0.1, -0.05) is 12.5 Å². The Morgan fingerprint density at radius 3 is 2.64 bits per heavy atom. The summed E-state index contributed by atoms with van der Waals surface area (Å²) in [6.45, 7) is 9.60. The Balaban J connectivity index is 3.37. The van der Waals surface area contributed by atoms with Crippen LogP contribution in [0.25, 0.3) is 0 Å². The molecule has 0 aromatic heterocycles. The first-order valence-corrected chi connectivity index (χ1v) is 5.15. The van der Waals surface area contributed by atoms with Crippen LogP contribution >= 0.6 is 0 Å². The van der Waals surface area contributed by atoms with Gasteiger partial charge in [-0.15, -0.1) is 6.58 Å². The molecular formula is C11H22O3. The zero-order valence-corrected chi connectivity index (χ0v) is 9.29. The Kier molecular flexibility index (Phi) is 8.94. The van der Waals surface area contributed by atoms with Crippen molar-refractivity contribution in [3.63, 3.8) is 0 Å². The van der Waals surface area contributed by atoms with E-state index in [1.165, 1.54) is 0 Å². The minimum atomic E-state index is 0.0717. The molecule has 0 bridgehead atoms. The molecule has 0 aliphatic carbocycles. The second-order valence-corrected chi connectivity index (χ2v) is 3.41. The highest BCUT2D eigenvalue weighted by Gasteiger charge is 2.05. The van der Waals surface area contributed by atoms with Crippen LogP contribution in [-0.2, 0) is 9.47 Å². The maximum Gasteiger partial charge on any atom is 0.0807 e. The third kappa shape index (κ3) is 8.23. The molecule has 0 fully saturated rings. The standard InChI is InChI=1S/C11H22O3/c1-4-11(14-8-6-12)9-13-7-5-10(2)3/h11-12H,2,4-9H2,1,3H3. The van der Waals surface area contributed by atoms with E-state index in [4.69, 9.17) is 14.6 Å². The van der Waals surface area contributed by atoms with Crippen molar-refractivity contribution in [3.05, 3.63) is 12.2 Å². The number of ether oxygens (including phenoxy) is 2. The molecule has 0 spiro atoms. The van der Waals surface area contributed by atoms with Crippen molar-refractivity contribution in [1.29, 1.82) is 0 Å². The van der Waals surface area contributed by atoms with E-state index in [2.05, 4.69) is 6.58 Å². The summed E-state index contributed by atoms with van der Waals surface area (Å²) in [7, 11) is 0. The van der Waals surface area contributed by atoms with Crippen LogP contribution in [0.3, 0.4) is 0 Å². The SMILES string of the molecule is C=C(C)CCOCC(CC)OCCO. The van der Waals surface area contributed by atoms with Crippen LogP contribution < -0.4 is 0 Å². The van der Waals surface area contributed by atoms with E-state index in [0.29, 0.717) is 19.8 Å². The maximum atomic E-state index is 8.58. The number of hydrogen-bond donors (Lipinski definition) is 1. The highest BCUT2D eigenvalue weighted by molar-refractivity contribution is 4.87. The summed E-state index contributed by atoms with van der Waals surface area (Å²) in [4.78, 5) is 0. The fourth-order valence-electron chi connectivity index (χ4n) is 0.964. The predicted molar refractivity (Wildman–Crippen MR) is 57.4 cm³/mol. The lowest BCUT2D eigenvalue weighted by Crippen LogP contribution is -2.21. The summed E-state index contributed by atoms with van der Waals surface area (Å²) < 4.78 is 10.8. The molecule has 0 radical (unpaired) electrons. The first-order valence-electron chi connectivity index (χ1n) is 5.15. The fraction of sp³-hybridized carbons (Fsp3) is 0.818.